The monoisotopic (exact) mass is 443 g/mol. The molecule has 2 rings (SSSR count). The topological polar surface area (TPSA) is 26.0 Å². The molecule has 0 saturated carbocycles. The second-order valence-electron chi connectivity index (χ2n) is 3.31. The van der Waals surface area contributed by atoms with E-state index in [0.717, 1.165) is 16.9 Å². The highest BCUT2D eigenvalue weighted by Gasteiger charge is 2.17. The van der Waals surface area contributed by atoms with Crippen molar-refractivity contribution in [2.45, 2.75) is 13.0 Å². The number of hydrogen-bond donors (Lipinski definition) is 1. The number of halogens is 3. The molecule has 0 spiro atoms. The van der Waals surface area contributed by atoms with E-state index in [1.165, 1.54) is 10.4 Å². The molecule has 2 N–H and O–H groups in total. The molecule has 0 amide bonds. The molecule has 1 nitrogen and oxygen atoms in total. The summed E-state index contributed by atoms with van der Waals surface area (Å²) >= 11 is 13.9. The maximum Gasteiger partial charge on any atom is 0.0843 e. The number of aryl methyl sites for hydroxylation is 1. The predicted octanol–water partition coefficient (Wildman–Crippen LogP) is 5.45. The molecule has 2 heterocycles. The van der Waals surface area contributed by atoms with Crippen molar-refractivity contribution >= 4 is 70.5 Å². The summed E-state index contributed by atoms with van der Waals surface area (Å²) in [6.07, 6.45) is 0. The highest BCUT2D eigenvalue weighted by atomic mass is 79.9. The van der Waals surface area contributed by atoms with Crippen molar-refractivity contribution in [1.29, 1.82) is 0 Å². The van der Waals surface area contributed by atoms with Crippen LogP contribution < -0.4 is 5.73 Å². The lowest BCUT2D eigenvalue weighted by Crippen LogP contribution is -2.10. The van der Waals surface area contributed by atoms with Gasteiger partial charge in [-0.05, 0) is 72.4 Å². The van der Waals surface area contributed by atoms with E-state index >= 15 is 0 Å². The van der Waals surface area contributed by atoms with Crippen molar-refractivity contribution in [3.63, 3.8) is 0 Å². The van der Waals surface area contributed by atoms with Gasteiger partial charge in [-0.25, -0.2) is 0 Å². The summed E-state index contributed by atoms with van der Waals surface area (Å²) in [6, 6.07) is 4.13. The van der Waals surface area contributed by atoms with Crippen molar-refractivity contribution in [1.82, 2.24) is 0 Å². The SMILES string of the molecule is Cc1sc(Br)cc1C(N)c1cc(Br)c(Br)s1. The summed E-state index contributed by atoms with van der Waals surface area (Å²) in [5.41, 5.74) is 7.46. The Morgan fingerprint density at radius 2 is 1.88 bits per heavy atom. The lowest BCUT2D eigenvalue weighted by atomic mass is 10.1. The molecule has 0 saturated heterocycles. The third-order valence-corrected chi connectivity index (χ3v) is 7.14. The van der Waals surface area contributed by atoms with Gasteiger partial charge in [-0.2, -0.15) is 0 Å². The van der Waals surface area contributed by atoms with Crippen molar-refractivity contribution < 1.29 is 0 Å². The van der Waals surface area contributed by atoms with Gasteiger partial charge in [0.25, 0.3) is 0 Å². The van der Waals surface area contributed by atoms with E-state index in [9.17, 15) is 0 Å². The Balaban J connectivity index is 2.38. The lowest BCUT2D eigenvalue weighted by Gasteiger charge is -2.08. The summed E-state index contributed by atoms with van der Waals surface area (Å²) in [7, 11) is 0. The molecule has 0 aliphatic heterocycles. The minimum absolute atomic E-state index is 0.0462. The summed E-state index contributed by atoms with van der Waals surface area (Å²) < 4.78 is 3.28. The molecule has 0 aliphatic rings. The van der Waals surface area contributed by atoms with E-state index < -0.39 is 0 Å². The van der Waals surface area contributed by atoms with Crippen LogP contribution in [0, 0.1) is 6.92 Å². The van der Waals surface area contributed by atoms with Crippen LogP contribution in [-0.4, -0.2) is 0 Å². The molecule has 0 aliphatic carbocycles. The average Bonchev–Trinajstić information content (AvgIpc) is 2.70. The van der Waals surface area contributed by atoms with Crippen LogP contribution in [0.25, 0.3) is 0 Å². The van der Waals surface area contributed by atoms with Gasteiger partial charge in [-0.15, -0.1) is 22.7 Å². The molecule has 16 heavy (non-hydrogen) atoms. The van der Waals surface area contributed by atoms with Crippen LogP contribution in [0.15, 0.2) is 24.2 Å². The first kappa shape index (κ1) is 13.2. The Labute approximate surface area is 127 Å². The second-order valence-corrected chi connectivity index (χ2v) is 9.20. The fourth-order valence-corrected chi connectivity index (χ4v) is 5.30. The largest absolute Gasteiger partial charge is 0.320 e. The van der Waals surface area contributed by atoms with E-state index in [2.05, 4.69) is 66.8 Å². The van der Waals surface area contributed by atoms with Gasteiger partial charge in [-0.1, -0.05) is 0 Å². The van der Waals surface area contributed by atoms with Crippen LogP contribution in [0.2, 0.25) is 0 Å². The zero-order valence-electron chi connectivity index (χ0n) is 8.26. The van der Waals surface area contributed by atoms with Crippen molar-refractivity contribution in [2.75, 3.05) is 0 Å². The number of rotatable bonds is 2. The van der Waals surface area contributed by atoms with Gasteiger partial charge in [0.1, 0.15) is 0 Å². The Hall–Kier alpha value is 0.800. The fraction of sp³-hybridized carbons (Fsp3) is 0.200. The molecule has 6 heteroatoms. The Kier molecular flexibility index (Phi) is 4.30. The summed E-state index contributed by atoms with van der Waals surface area (Å²) in [5, 5.41) is 0. The van der Waals surface area contributed by atoms with Crippen LogP contribution in [0.4, 0.5) is 0 Å². The maximum atomic E-state index is 6.27. The third kappa shape index (κ3) is 2.62. The minimum atomic E-state index is -0.0462. The molecule has 0 fully saturated rings. The molecule has 2 aromatic heterocycles. The lowest BCUT2D eigenvalue weighted by molar-refractivity contribution is 0.890. The molecule has 86 valence electrons. The van der Waals surface area contributed by atoms with Gasteiger partial charge < -0.3 is 5.73 Å². The normalized spacial score (nSPS) is 13.1. The van der Waals surface area contributed by atoms with E-state index in [4.69, 9.17) is 5.73 Å². The Morgan fingerprint density at radius 3 is 2.31 bits per heavy atom. The fourth-order valence-electron chi connectivity index (χ4n) is 1.44. The molecular formula is C10H8Br3NS2. The highest BCUT2D eigenvalue weighted by Crippen LogP contribution is 2.39. The van der Waals surface area contributed by atoms with Crippen molar-refractivity contribution in [3.8, 4) is 0 Å². The molecule has 1 atom stereocenters. The number of nitrogens with two attached hydrogens (primary N) is 1. The predicted molar refractivity (Wildman–Crippen MR) is 82.5 cm³/mol. The van der Waals surface area contributed by atoms with E-state index in [0.29, 0.717) is 0 Å². The molecule has 1 unspecified atom stereocenters. The van der Waals surface area contributed by atoms with Crippen LogP contribution in [0.5, 0.6) is 0 Å². The van der Waals surface area contributed by atoms with E-state index in [-0.39, 0.29) is 6.04 Å². The first-order valence-corrected chi connectivity index (χ1v) is 8.46. The van der Waals surface area contributed by atoms with Crippen molar-refractivity contribution in [3.05, 3.63) is 39.5 Å². The molecule has 2 aromatic rings. The summed E-state index contributed by atoms with van der Waals surface area (Å²) in [6.45, 7) is 2.10. The first-order valence-electron chi connectivity index (χ1n) is 4.45. The third-order valence-electron chi connectivity index (χ3n) is 2.23. The van der Waals surface area contributed by atoms with Crippen LogP contribution in [-0.2, 0) is 0 Å². The summed E-state index contributed by atoms with van der Waals surface area (Å²) in [4.78, 5) is 2.42. The second kappa shape index (κ2) is 5.20. The molecule has 0 aromatic carbocycles. The zero-order chi connectivity index (χ0) is 11.9. The first-order chi connectivity index (χ1) is 7.49. The Morgan fingerprint density at radius 1 is 1.19 bits per heavy atom. The number of thiophene rings is 2. The molecule has 0 bridgehead atoms. The average molecular weight is 446 g/mol. The van der Waals surface area contributed by atoms with Crippen LogP contribution >= 0.6 is 70.5 Å². The van der Waals surface area contributed by atoms with Gasteiger partial charge in [0.15, 0.2) is 0 Å². The quantitative estimate of drug-likeness (QED) is 0.653. The van der Waals surface area contributed by atoms with Crippen LogP contribution in [0.1, 0.15) is 21.4 Å². The Bertz CT molecular complexity index is 499. The van der Waals surface area contributed by atoms with Gasteiger partial charge in [0.2, 0.25) is 0 Å². The van der Waals surface area contributed by atoms with Gasteiger partial charge in [0, 0.05) is 14.2 Å². The highest BCUT2D eigenvalue weighted by molar-refractivity contribution is 9.13. The van der Waals surface area contributed by atoms with Gasteiger partial charge >= 0.3 is 0 Å². The van der Waals surface area contributed by atoms with Gasteiger partial charge in [0.05, 0.1) is 13.6 Å². The summed E-state index contributed by atoms with van der Waals surface area (Å²) in [5.74, 6) is 0. The maximum absolute atomic E-state index is 6.27. The zero-order valence-corrected chi connectivity index (χ0v) is 14.7. The smallest absolute Gasteiger partial charge is 0.0843 e. The molecule has 0 radical (unpaired) electrons. The number of hydrogen-bond acceptors (Lipinski definition) is 3. The van der Waals surface area contributed by atoms with E-state index in [1.807, 2.05) is 0 Å². The minimum Gasteiger partial charge on any atom is -0.320 e. The van der Waals surface area contributed by atoms with Crippen LogP contribution in [0.3, 0.4) is 0 Å². The standard InChI is InChI=1S/C10H8Br3NS2/c1-4-5(2-8(12)15-4)9(14)7-3-6(11)10(13)16-7/h2-3,9H,14H2,1H3. The van der Waals surface area contributed by atoms with Gasteiger partial charge in [-0.3, -0.25) is 0 Å². The van der Waals surface area contributed by atoms with Crippen molar-refractivity contribution in [2.24, 2.45) is 5.73 Å². The molecular weight excluding hydrogens is 438 g/mol. The van der Waals surface area contributed by atoms with E-state index in [1.54, 1.807) is 22.7 Å².